The minimum atomic E-state index is -3.13. The second-order valence-electron chi connectivity index (χ2n) is 6.33. The molecule has 2 saturated heterocycles. The van der Waals surface area contributed by atoms with E-state index in [9.17, 15) is 13.2 Å². The van der Waals surface area contributed by atoms with Crippen LogP contribution in [0.25, 0.3) is 0 Å². The van der Waals surface area contributed by atoms with Gasteiger partial charge in [-0.1, -0.05) is 53.2 Å². The van der Waals surface area contributed by atoms with Crippen molar-refractivity contribution >= 4 is 61.6 Å². The number of benzene rings is 2. The number of carbonyl (C=O) groups excluding carboxylic acids is 1. The van der Waals surface area contributed by atoms with Gasteiger partial charge >= 0.3 is 0 Å². The van der Waals surface area contributed by atoms with E-state index in [2.05, 4.69) is 4.99 Å². The van der Waals surface area contributed by atoms with Crippen LogP contribution >= 0.6 is 35.0 Å². The first-order valence-electron chi connectivity index (χ1n) is 8.13. The SMILES string of the molecule is O=C(N=C1S[C@@H]2CS(=O)(=O)C[C@H]2N1c1ccc(Cl)c(Cl)c1)c1ccccc1. The summed E-state index contributed by atoms with van der Waals surface area (Å²) in [5.41, 5.74) is 1.14. The lowest BCUT2D eigenvalue weighted by atomic mass is 10.2. The number of rotatable bonds is 2. The summed E-state index contributed by atoms with van der Waals surface area (Å²) in [5.74, 6) is -0.284. The van der Waals surface area contributed by atoms with E-state index in [4.69, 9.17) is 23.2 Å². The molecule has 27 heavy (non-hydrogen) atoms. The number of fused-ring (bicyclic) bond motifs is 1. The normalized spacial score (nSPS) is 25.0. The number of hydrogen-bond donors (Lipinski definition) is 0. The van der Waals surface area contributed by atoms with Crippen molar-refractivity contribution < 1.29 is 13.2 Å². The lowest BCUT2D eigenvalue weighted by molar-refractivity contribution is 0.100. The lowest BCUT2D eigenvalue weighted by Gasteiger charge is -2.24. The molecular formula is C18H14Cl2N2O3S2. The third-order valence-corrected chi connectivity index (χ3v) is 8.41. The van der Waals surface area contributed by atoms with E-state index in [1.165, 1.54) is 11.8 Å². The Morgan fingerprint density at radius 3 is 2.52 bits per heavy atom. The number of thioether (sulfide) groups is 1. The zero-order chi connectivity index (χ0) is 19.2. The maximum Gasteiger partial charge on any atom is 0.279 e. The minimum Gasteiger partial charge on any atom is -0.316 e. The number of sulfone groups is 1. The second kappa shape index (κ2) is 7.13. The molecular weight excluding hydrogens is 427 g/mol. The number of anilines is 1. The molecule has 0 N–H and O–H groups in total. The zero-order valence-corrected chi connectivity index (χ0v) is 17.0. The van der Waals surface area contributed by atoms with Crippen LogP contribution in [0.3, 0.4) is 0 Å². The molecule has 2 aromatic carbocycles. The Balaban J connectivity index is 1.75. The predicted molar refractivity (Wildman–Crippen MR) is 111 cm³/mol. The molecule has 0 saturated carbocycles. The Kier molecular flexibility index (Phi) is 4.96. The fraction of sp³-hybridized carbons (Fsp3) is 0.222. The first-order chi connectivity index (χ1) is 12.8. The first-order valence-corrected chi connectivity index (χ1v) is 11.6. The summed E-state index contributed by atoms with van der Waals surface area (Å²) in [6, 6.07) is 13.5. The quantitative estimate of drug-likeness (QED) is 0.707. The van der Waals surface area contributed by atoms with Crippen molar-refractivity contribution in [1.82, 2.24) is 0 Å². The molecule has 2 aliphatic rings. The number of aliphatic imine (C=N–C) groups is 1. The molecule has 2 aromatic rings. The molecule has 0 aliphatic carbocycles. The monoisotopic (exact) mass is 440 g/mol. The van der Waals surface area contributed by atoms with Gasteiger partial charge in [-0.05, 0) is 30.3 Å². The van der Waals surface area contributed by atoms with Crippen LogP contribution < -0.4 is 4.90 Å². The lowest BCUT2D eigenvalue weighted by Crippen LogP contribution is -2.37. The van der Waals surface area contributed by atoms with Crippen LogP contribution in [-0.4, -0.2) is 42.3 Å². The molecule has 0 bridgehead atoms. The van der Waals surface area contributed by atoms with Gasteiger partial charge in [0.25, 0.3) is 5.91 Å². The molecule has 0 aromatic heterocycles. The molecule has 5 nitrogen and oxygen atoms in total. The van der Waals surface area contributed by atoms with Crippen LogP contribution in [0.4, 0.5) is 5.69 Å². The fourth-order valence-corrected chi connectivity index (χ4v) is 7.44. The minimum absolute atomic E-state index is 0.0173. The van der Waals surface area contributed by atoms with E-state index in [0.29, 0.717) is 26.5 Å². The van der Waals surface area contributed by atoms with Crippen LogP contribution in [0, 0.1) is 0 Å². The number of amidine groups is 1. The number of nitrogens with zero attached hydrogens (tertiary/aromatic N) is 2. The van der Waals surface area contributed by atoms with E-state index in [1.807, 2.05) is 6.07 Å². The van der Waals surface area contributed by atoms with E-state index in [0.717, 1.165) is 0 Å². The summed E-state index contributed by atoms with van der Waals surface area (Å²) in [7, 11) is -3.13. The highest BCUT2D eigenvalue weighted by Crippen LogP contribution is 2.42. The molecule has 2 atom stereocenters. The molecule has 2 heterocycles. The molecule has 0 radical (unpaired) electrons. The van der Waals surface area contributed by atoms with Gasteiger partial charge in [-0.15, -0.1) is 0 Å². The van der Waals surface area contributed by atoms with Gasteiger partial charge in [-0.2, -0.15) is 4.99 Å². The van der Waals surface area contributed by atoms with E-state index in [-0.39, 0.29) is 28.7 Å². The summed E-state index contributed by atoms with van der Waals surface area (Å²) in [5, 5.41) is 1.07. The van der Waals surface area contributed by atoms with Crippen molar-refractivity contribution in [2.45, 2.75) is 11.3 Å². The summed E-state index contributed by atoms with van der Waals surface area (Å²) in [6.45, 7) is 0. The summed E-state index contributed by atoms with van der Waals surface area (Å²) in [6.07, 6.45) is 0. The highest BCUT2D eigenvalue weighted by molar-refractivity contribution is 8.16. The molecule has 0 unspecified atom stereocenters. The standard InChI is InChI=1S/C18H14Cl2N2O3S2/c19-13-7-6-12(8-14(13)20)22-15-9-27(24,25)10-16(15)26-18(22)21-17(23)11-4-2-1-3-5-11/h1-8,15-16H,9-10H2/t15-,16-/m1/s1. The van der Waals surface area contributed by atoms with Gasteiger partial charge in [-0.25, -0.2) is 8.42 Å². The van der Waals surface area contributed by atoms with Gasteiger partial charge in [0.1, 0.15) is 0 Å². The van der Waals surface area contributed by atoms with Gasteiger partial charge in [0.05, 0.1) is 27.6 Å². The number of amides is 1. The smallest absolute Gasteiger partial charge is 0.279 e. The maximum absolute atomic E-state index is 12.6. The summed E-state index contributed by atoms with van der Waals surface area (Å²) >= 11 is 13.5. The Morgan fingerprint density at radius 1 is 1.07 bits per heavy atom. The predicted octanol–water partition coefficient (Wildman–Crippen LogP) is 3.91. The van der Waals surface area contributed by atoms with Crippen LogP contribution in [-0.2, 0) is 9.84 Å². The molecule has 0 spiro atoms. The highest BCUT2D eigenvalue weighted by Gasteiger charge is 2.49. The third kappa shape index (κ3) is 3.74. The molecule has 140 valence electrons. The van der Waals surface area contributed by atoms with Crippen molar-refractivity contribution in [3.8, 4) is 0 Å². The largest absolute Gasteiger partial charge is 0.316 e. The third-order valence-electron chi connectivity index (χ3n) is 4.47. The summed E-state index contributed by atoms with van der Waals surface area (Å²) in [4.78, 5) is 18.6. The van der Waals surface area contributed by atoms with Crippen molar-refractivity contribution in [3.63, 3.8) is 0 Å². The average Bonchev–Trinajstić information content (AvgIpc) is 3.09. The Labute approximate surface area is 171 Å². The van der Waals surface area contributed by atoms with E-state index >= 15 is 0 Å². The molecule has 2 fully saturated rings. The number of halogens is 2. The van der Waals surface area contributed by atoms with Crippen LogP contribution in [0.2, 0.25) is 10.0 Å². The molecule has 1 amide bonds. The van der Waals surface area contributed by atoms with Gasteiger partial charge in [0.15, 0.2) is 15.0 Å². The molecule has 2 aliphatic heterocycles. The highest BCUT2D eigenvalue weighted by atomic mass is 35.5. The van der Waals surface area contributed by atoms with Gasteiger partial charge in [0.2, 0.25) is 0 Å². The molecule has 9 heteroatoms. The Bertz CT molecular complexity index is 1040. The number of carbonyl (C=O) groups is 1. The van der Waals surface area contributed by atoms with Gasteiger partial charge in [0, 0.05) is 16.5 Å². The maximum atomic E-state index is 12.6. The van der Waals surface area contributed by atoms with Crippen molar-refractivity contribution in [1.29, 1.82) is 0 Å². The van der Waals surface area contributed by atoms with Gasteiger partial charge in [-0.3, -0.25) is 4.79 Å². The Hall–Kier alpha value is -1.54. The van der Waals surface area contributed by atoms with Crippen molar-refractivity contribution in [2.24, 2.45) is 4.99 Å². The van der Waals surface area contributed by atoms with E-state index < -0.39 is 9.84 Å². The van der Waals surface area contributed by atoms with Crippen LogP contribution in [0.5, 0.6) is 0 Å². The van der Waals surface area contributed by atoms with Crippen LogP contribution in [0.1, 0.15) is 10.4 Å². The topological polar surface area (TPSA) is 66.8 Å². The van der Waals surface area contributed by atoms with Crippen molar-refractivity contribution in [2.75, 3.05) is 16.4 Å². The first kappa shape index (κ1) is 18.8. The van der Waals surface area contributed by atoms with E-state index in [1.54, 1.807) is 47.4 Å². The fourth-order valence-electron chi connectivity index (χ4n) is 3.23. The zero-order valence-electron chi connectivity index (χ0n) is 13.9. The molecule has 4 rings (SSSR count). The van der Waals surface area contributed by atoms with Crippen LogP contribution in [0.15, 0.2) is 53.5 Å². The average molecular weight is 441 g/mol. The Morgan fingerprint density at radius 2 is 1.81 bits per heavy atom. The van der Waals surface area contributed by atoms with Gasteiger partial charge < -0.3 is 4.90 Å². The van der Waals surface area contributed by atoms with Crippen molar-refractivity contribution in [3.05, 3.63) is 64.1 Å². The number of hydrogen-bond acceptors (Lipinski definition) is 4. The second-order valence-corrected chi connectivity index (χ2v) is 10.5. The summed E-state index contributed by atoms with van der Waals surface area (Å²) < 4.78 is 24.2.